The summed E-state index contributed by atoms with van der Waals surface area (Å²) in [6.45, 7) is 2.47. The van der Waals surface area contributed by atoms with Crippen molar-refractivity contribution < 1.29 is 50.4 Å². The molecule has 8 aromatic rings. The van der Waals surface area contributed by atoms with Crippen LogP contribution in [0.25, 0.3) is 55.3 Å². The lowest BCUT2D eigenvalue weighted by Gasteiger charge is -2.20. The Morgan fingerprint density at radius 1 is 0.468 bits per heavy atom. The minimum Gasteiger partial charge on any atom is -0.507 e. The zero-order valence-electron chi connectivity index (χ0n) is 33.2. The van der Waals surface area contributed by atoms with Crippen molar-refractivity contribution in [1.29, 1.82) is 0 Å². The van der Waals surface area contributed by atoms with Gasteiger partial charge >= 0.3 is 0 Å². The number of carbonyl (C=O) groups excluding carboxylic acids is 2. The minimum atomic E-state index is -0.929. The summed E-state index contributed by atoms with van der Waals surface area (Å²) in [5.74, 6) is -5.63. The quantitative estimate of drug-likeness (QED) is 0.0687. The van der Waals surface area contributed by atoms with Gasteiger partial charge in [0.1, 0.15) is 67.1 Å². The maximum absolute atomic E-state index is 13.6. The van der Waals surface area contributed by atoms with Crippen LogP contribution in [-0.2, 0) is 13.2 Å². The molecule has 0 bridgehead atoms. The van der Waals surface area contributed by atoms with Gasteiger partial charge < -0.3 is 51.5 Å². The minimum absolute atomic E-state index is 0.0363. The summed E-state index contributed by atoms with van der Waals surface area (Å²) in [4.78, 5) is 45.1. The van der Waals surface area contributed by atoms with Gasteiger partial charge in [-0.15, -0.1) is 0 Å². The van der Waals surface area contributed by atoms with E-state index < -0.39 is 81.7 Å². The first kappa shape index (κ1) is 40.9. The highest BCUT2D eigenvalue weighted by molar-refractivity contribution is 6.12. The zero-order chi connectivity index (χ0) is 44.0. The molecule has 8 rings (SSSR count). The van der Waals surface area contributed by atoms with Crippen molar-refractivity contribution in [3.05, 3.63) is 118 Å². The molecule has 0 aliphatic carbocycles. The van der Waals surface area contributed by atoms with Gasteiger partial charge in [0.25, 0.3) is 11.8 Å². The number of amides is 2. The lowest BCUT2D eigenvalue weighted by molar-refractivity contribution is 0.0945. The number of hydrogen-bond acceptors (Lipinski definition) is 14. The molecule has 0 radical (unpaired) electrons. The number of carbonyl (C=O) groups is 2. The standard InChI is InChI=1S/C46H40N6O10/c1-21(23-9-5-3-6-10-23)17-47-45(61)25-13-15-29(55)37-33(25)51-39-35(49-37)27(19-53)41(57)31(43(39)59)32-42(58)28(20-54)36-40(44(32)60)52-34-26(14-16-30(56)38(34)50-36)46(62)48-18-22(2)24-11-7-4-8-12-24/h3-16,21-22,53-60H,17-20H2,1-2H3,(H,47,61)(H,48,62). The van der Waals surface area contributed by atoms with Crippen LogP contribution < -0.4 is 10.6 Å². The summed E-state index contributed by atoms with van der Waals surface area (Å²) >= 11 is 0. The van der Waals surface area contributed by atoms with Crippen molar-refractivity contribution in [1.82, 2.24) is 30.6 Å². The molecule has 62 heavy (non-hydrogen) atoms. The molecular formula is C46H40N6O10. The van der Waals surface area contributed by atoms with Crippen molar-refractivity contribution in [2.75, 3.05) is 13.1 Å². The number of nitrogens with zero attached hydrogens (tertiary/aromatic N) is 4. The molecule has 2 unspecified atom stereocenters. The Morgan fingerprint density at radius 2 is 0.823 bits per heavy atom. The Bertz CT molecular complexity index is 2890. The Balaban J connectivity index is 1.28. The number of phenols is 6. The molecule has 0 saturated carbocycles. The maximum Gasteiger partial charge on any atom is 0.253 e. The molecule has 0 spiro atoms. The van der Waals surface area contributed by atoms with Crippen LogP contribution in [0.1, 0.15) is 68.7 Å². The normalized spacial score (nSPS) is 12.5. The highest BCUT2D eigenvalue weighted by atomic mass is 16.3. The fourth-order valence-electron chi connectivity index (χ4n) is 7.60. The molecule has 16 nitrogen and oxygen atoms in total. The predicted molar refractivity (Wildman–Crippen MR) is 229 cm³/mol. The van der Waals surface area contributed by atoms with Gasteiger partial charge in [-0.1, -0.05) is 74.5 Å². The number of fused-ring (bicyclic) bond motifs is 4. The molecule has 6 aromatic carbocycles. The summed E-state index contributed by atoms with van der Waals surface area (Å²) in [5, 5.41) is 95.8. The van der Waals surface area contributed by atoms with E-state index in [1.807, 2.05) is 74.5 Å². The molecule has 314 valence electrons. The van der Waals surface area contributed by atoms with Crippen LogP contribution in [0.4, 0.5) is 0 Å². The first-order valence-electron chi connectivity index (χ1n) is 19.5. The highest BCUT2D eigenvalue weighted by Crippen LogP contribution is 2.54. The van der Waals surface area contributed by atoms with Crippen LogP contribution in [-0.4, -0.2) is 85.7 Å². The van der Waals surface area contributed by atoms with Gasteiger partial charge in [-0.25, -0.2) is 19.9 Å². The smallest absolute Gasteiger partial charge is 0.253 e. The fraction of sp³-hybridized carbons (Fsp3) is 0.174. The van der Waals surface area contributed by atoms with E-state index in [1.54, 1.807) is 0 Å². The molecule has 2 amide bonds. The Labute approximate surface area is 352 Å². The van der Waals surface area contributed by atoms with Crippen molar-refractivity contribution >= 4 is 55.9 Å². The molecule has 0 aliphatic rings. The van der Waals surface area contributed by atoms with E-state index in [2.05, 4.69) is 30.6 Å². The summed E-state index contributed by atoms with van der Waals surface area (Å²) in [6.07, 6.45) is 0. The average molecular weight is 837 g/mol. The first-order chi connectivity index (χ1) is 29.8. The number of rotatable bonds is 11. The van der Waals surface area contributed by atoms with E-state index >= 15 is 0 Å². The highest BCUT2D eigenvalue weighted by Gasteiger charge is 2.32. The number of nitrogens with one attached hydrogen (secondary N) is 2. The molecule has 2 heterocycles. The van der Waals surface area contributed by atoms with Gasteiger partial charge in [-0.2, -0.15) is 0 Å². The predicted octanol–water partition coefficient (Wildman–Crippen LogP) is 5.83. The summed E-state index contributed by atoms with van der Waals surface area (Å²) in [5.41, 5.74) is -2.25. The third kappa shape index (κ3) is 6.96. The second kappa shape index (κ2) is 16.3. The van der Waals surface area contributed by atoms with E-state index in [4.69, 9.17) is 0 Å². The van der Waals surface area contributed by atoms with E-state index in [0.717, 1.165) is 11.1 Å². The molecule has 2 aromatic heterocycles. The molecule has 10 N–H and O–H groups in total. The number of phenolic OH excluding ortho intramolecular Hbond substituents is 4. The summed E-state index contributed by atoms with van der Waals surface area (Å²) < 4.78 is 0. The van der Waals surface area contributed by atoms with Gasteiger partial charge in [0.05, 0.1) is 35.5 Å². The summed E-state index contributed by atoms with van der Waals surface area (Å²) in [6, 6.07) is 24.1. The molecule has 2 atom stereocenters. The van der Waals surface area contributed by atoms with E-state index in [1.165, 1.54) is 24.3 Å². The Kier molecular flexibility index (Phi) is 10.8. The Hall–Kier alpha value is -7.82. The van der Waals surface area contributed by atoms with Crippen molar-refractivity contribution in [2.45, 2.75) is 38.9 Å². The van der Waals surface area contributed by atoms with Crippen LogP contribution in [0.15, 0.2) is 84.9 Å². The van der Waals surface area contributed by atoms with Crippen LogP contribution in [0, 0.1) is 0 Å². The average Bonchev–Trinajstić information content (AvgIpc) is 3.28. The lowest BCUT2D eigenvalue weighted by Crippen LogP contribution is -2.27. The zero-order valence-corrected chi connectivity index (χ0v) is 33.2. The van der Waals surface area contributed by atoms with Gasteiger partial charge in [0.2, 0.25) is 0 Å². The maximum atomic E-state index is 13.6. The third-order valence-corrected chi connectivity index (χ3v) is 11.1. The van der Waals surface area contributed by atoms with Crippen LogP contribution in [0.3, 0.4) is 0 Å². The second-order valence-corrected chi connectivity index (χ2v) is 15.0. The monoisotopic (exact) mass is 836 g/mol. The first-order valence-corrected chi connectivity index (χ1v) is 19.5. The van der Waals surface area contributed by atoms with Gasteiger partial charge in [0, 0.05) is 24.2 Å². The number of aliphatic hydroxyl groups is 2. The number of aromatic nitrogens is 4. The van der Waals surface area contributed by atoms with Crippen molar-refractivity contribution in [3.8, 4) is 45.6 Å². The molecular weight excluding hydrogens is 797 g/mol. The number of benzene rings is 6. The molecule has 0 aliphatic heterocycles. The number of hydrogen-bond donors (Lipinski definition) is 10. The largest absolute Gasteiger partial charge is 0.507 e. The van der Waals surface area contributed by atoms with Crippen LogP contribution in [0.2, 0.25) is 0 Å². The number of aromatic hydroxyl groups is 6. The van der Waals surface area contributed by atoms with Crippen LogP contribution in [0.5, 0.6) is 34.5 Å². The topological polar surface area (TPSA) is 272 Å². The van der Waals surface area contributed by atoms with Crippen molar-refractivity contribution in [2.24, 2.45) is 0 Å². The van der Waals surface area contributed by atoms with E-state index in [0.29, 0.717) is 0 Å². The lowest BCUT2D eigenvalue weighted by atomic mass is 9.93. The molecule has 16 heteroatoms. The fourth-order valence-corrected chi connectivity index (χ4v) is 7.60. The second-order valence-electron chi connectivity index (χ2n) is 15.0. The SMILES string of the molecule is CC(CNC(=O)c1ccc(O)c2nc3c(CO)c(O)c(-c4c(O)c(CO)c5nc6c(O)ccc(C(=O)NCC(C)c7ccccc7)c6nc5c4O)c(O)c3nc12)c1ccccc1. The van der Waals surface area contributed by atoms with E-state index in [-0.39, 0.29) is 80.3 Å². The molecule has 0 saturated heterocycles. The van der Waals surface area contributed by atoms with Gasteiger partial charge in [-0.05, 0) is 47.2 Å². The van der Waals surface area contributed by atoms with Crippen molar-refractivity contribution in [3.63, 3.8) is 0 Å². The molecule has 0 fully saturated rings. The van der Waals surface area contributed by atoms with E-state index in [9.17, 15) is 50.4 Å². The summed E-state index contributed by atoms with van der Waals surface area (Å²) in [7, 11) is 0. The third-order valence-electron chi connectivity index (χ3n) is 11.1. The Morgan fingerprint density at radius 3 is 1.18 bits per heavy atom. The van der Waals surface area contributed by atoms with Gasteiger partial charge in [0.15, 0.2) is 11.5 Å². The van der Waals surface area contributed by atoms with Crippen LogP contribution >= 0.6 is 0 Å². The number of aliphatic hydroxyl groups excluding tert-OH is 2. The van der Waals surface area contributed by atoms with Gasteiger partial charge in [-0.3, -0.25) is 9.59 Å².